The highest BCUT2D eigenvalue weighted by Gasteiger charge is 2.09. The molecule has 0 atom stereocenters. The van der Waals surface area contributed by atoms with Crippen LogP contribution < -0.4 is 0 Å². The third-order valence-corrected chi connectivity index (χ3v) is 2.32. The molecule has 0 bridgehead atoms. The van der Waals surface area contributed by atoms with Crippen molar-refractivity contribution in [3.63, 3.8) is 0 Å². The van der Waals surface area contributed by atoms with Gasteiger partial charge in [0, 0.05) is 5.56 Å². The molecule has 0 unspecified atom stereocenters. The highest BCUT2D eigenvalue weighted by molar-refractivity contribution is 5.70. The Morgan fingerprint density at radius 1 is 1.18 bits per heavy atom. The predicted molar refractivity (Wildman–Crippen MR) is 61.0 cm³/mol. The third-order valence-electron chi connectivity index (χ3n) is 2.32. The molecule has 1 N–H and O–H groups in total. The van der Waals surface area contributed by atoms with E-state index in [9.17, 15) is 9.18 Å². The molecule has 4 heteroatoms. The fraction of sp³-hybridized carbons (Fsp3) is 0.0769. The summed E-state index contributed by atoms with van der Waals surface area (Å²) < 4.78 is 13.7. The highest BCUT2D eigenvalue weighted by Crippen LogP contribution is 2.21. The van der Waals surface area contributed by atoms with E-state index in [0.717, 1.165) is 5.56 Å². The van der Waals surface area contributed by atoms with Gasteiger partial charge in [-0.05, 0) is 17.7 Å². The van der Waals surface area contributed by atoms with Crippen LogP contribution in [0.3, 0.4) is 0 Å². The number of nitrogens with zero attached hydrogens (tertiary/aromatic N) is 1. The van der Waals surface area contributed by atoms with Gasteiger partial charge in [0.25, 0.3) is 0 Å². The standard InChI is InChI=1S/C13H10FNO2/c14-13-11(9-4-2-1-3-5-9)7-6-10(15-13)8-12(16)17/h1-7H,8H2,(H,16,17). The predicted octanol–water partition coefficient (Wildman–Crippen LogP) is 2.51. The van der Waals surface area contributed by atoms with Gasteiger partial charge in [-0.1, -0.05) is 30.3 Å². The molecule has 1 heterocycles. The number of carboxylic acids is 1. The molecular weight excluding hydrogens is 221 g/mol. The fourth-order valence-corrected chi connectivity index (χ4v) is 1.56. The Hall–Kier alpha value is -2.23. The van der Waals surface area contributed by atoms with E-state index >= 15 is 0 Å². The first-order valence-electron chi connectivity index (χ1n) is 5.09. The molecule has 0 amide bonds. The molecule has 0 aliphatic rings. The van der Waals surface area contributed by atoms with Crippen molar-refractivity contribution in [2.24, 2.45) is 0 Å². The van der Waals surface area contributed by atoms with E-state index in [1.54, 1.807) is 30.3 Å². The summed E-state index contributed by atoms with van der Waals surface area (Å²) in [6.07, 6.45) is -0.272. The molecule has 0 radical (unpaired) electrons. The van der Waals surface area contributed by atoms with Gasteiger partial charge in [0.05, 0.1) is 12.1 Å². The summed E-state index contributed by atoms with van der Waals surface area (Å²) in [7, 11) is 0. The summed E-state index contributed by atoms with van der Waals surface area (Å²) in [5.74, 6) is -1.67. The monoisotopic (exact) mass is 231 g/mol. The normalized spacial score (nSPS) is 10.2. The van der Waals surface area contributed by atoms with Crippen molar-refractivity contribution in [3.8, 4) is 11.1 Å². The lowest BCUT2D eigenvalue weighted by molar-refractivity contribution is -0.136. The van der Waals surface area contributed by atoms with Crippen LogP contribution in [0, 0.1) is 5.95 Å². The van der Waals surface area contributed by atoms with E-state index < -0.39 is 11.9 Å². The Balaban J connectivity index is 2.35. The zero-order valence-corrected chi connectivity index (χ0v) is 8.93. The van der Waals surface area contributed by atoms with Gasteiger partial charge < -0.3 is 5.11 Å². The second-order valence-electron chi connectivity index (χ2n) is 3.58. The molecule has 0 saturated heterocycles. The van der Waals surface area contributed by atoms with E-state index in [1.807, 2.05) is 6.07 Å². The zero-order valence-electron chi connectivity index (χ0n) is 8.93. The fourth-order valence-electron chi connectivity index (χ4n) is 1.56. The van der Waals surface area contributed by atoms with Crippen molar-refractivity contribution in [2.45, 2.75) is 6.42 Å². The van der Waals surface area contributed by atoms with Crippen LogP contribution in [-0.2, 0) is 11.2 Å². The first-order valence-corrected chi connectivity index (χ1v) is 5.09. The molecule has 3 nitrogen and oxygen atoms in total. The second-order valence-corrected chi connectivity index (χ2v) is 3.58. The van der Waals surface area contributed by atoms with Gasteiger partial charge in [-0.2, -0.15) is 4.39 Å². The number of carboxylic acid groups (broad SMARTS) is 1. The molecular formula is C13H10FNO2. The van der Waals surface area contributed by atoms with Crippen LogP contribution >= 0.6 is 0 Å². The largest absolute Gasteiger partial charge is 0.481 e. The lowest BCUT2D eigenvalue weighted by atomic mass is 10.1. The number of pyridine rings is 1. The topological polar surface area (TPSA) is 50.2 Å². The summed E-state index contributed by atoms with van der Waals surface area (Å²) in [5.41, 5.74) is 1.31. The van der Waals surface area contributed by atoms with Crippen molar-refractivity contribution in [3.05, 3.63) is 54.1 Å². The van der Waals surface area contributed by atoms with E-state index in [2.05, 4.69) is 4.98 Å². The van der Waals surface area contributed by atoms with Crippen LogP contribution in [0.2, 0.25) is 0 Å². The first-order chi connectivity index (χ1) is 8.16. The van der Waals surface area contributed by atoms with Crippen molar-refractivity contribution in [1.29, 1.82) is 0 Å². The Morgan fingerprint density at radius 3 is 2.47 bits per heavy atom. The Morgan fingerprint density at radius 2 is 1.88 bits per heavy atom. The number of aromatic nitrogens is 1. The lowest BCUT2D eigenvalue weighted by Gasteiger charge is -2.04. The molecule has 17 heavy (non-hydrogen) atoms. The maximum atomic E-state index is 13.7. The van der Waals surface area contributed by atoms with E-state index in [-0.39, 0.29) is 12.1 Å². The van der Waals surface area contributed by atoms with Crippen molar-refractivity contribution >= 4 is 5.97 Å². The first kappa shape index (κ1) is 11.3. The Labute approximate surface area is 97.6 Å². The Bertz CT molecular complexity index is 540. The van der Waals surface area contributed by atoms with Crippen LogP contribution in [0.5, 0.6) is 0 Å². The molecule has 0 spiro atoms. The van der Waals surface area contributed by atoms with Crippen molar-refractivity contribution in [2.75, 3.05) is 0 Å². The summed E-state index contributed by atoms with van der Waals surface area (Å²) in [4.78, 5) is 14.1. The number of halogens is 1. The van der Waals surface area contributed by atoms with Crippen molar-refractivity contribution in [1.82, 2.24) is 4.98 Å². The number of rotatable bonds is 3. The van der Waals surface area contributed by atoms with Gasteiger partial charge in [0.2, 0.25) is 5.95 Å². The minimum absolute atomic E-state index is 0.217. The number of benzene rings is 1. The molecule has 1 aromatic heterocycles. The SMILES string of the molecule is O=C(O)Cc1ccc(-c2ccccc2)c(F)n1. The number of hydrogen-bond acceptors (Lipinski definition) is 2. The molecule has 1 aromatic carbocycles. The maximum Gasteiger partial charge on any atom is 0.309 e. The van der Waals surface area contributed by atoms with Crippen LogP contribution in [0.1, 0.15) is 5.69 Å². The third kappa shape index (κ3) is 2.66. The molecule has 0 fully saturated rings. The van der Waals surface area contributed by atoms with Crippen LogP contribution in [0.4, 0.5) is 4.39 Å². The second kappa shape index (κ2) is 4.74. The molecule has 0 aliphatic carbocycles. The quantitative estimate of drug-likeness (QED) is 0.826. The molecule has 0 aliphatic heterocycles. The van der Waals surface area contributed by atoms with E-state index in [1.165, 1.54) is 6.07 Å². The molecule has 2 aromatic rings. The summed E-state index contributed by atoms with van der Waals surface area (Å²) in [6, 6.07) is 12.1. The van der Waals surface area contributed by atoms with Gasteiger partial charge in [-0.25, -0.2) is 4.98 Å². The minimum Gasteiger partial charge on any atom is -0.481 e. The van der Waals surface area contributed by atoms with Crippen LogP contribution in [0.25, 0.3) is 11.1 Å². The van der Waals surface area contributed by atoms with E-state index in [4.69, 9.17) is 5.11 Å². The lowest BCUT2D eigenvalue weighted by Crippen LogP contribution is -2.03. The Kier molecular flexibility index (Phi) is 3.14. The molecule has 86 valence electrons. The van der Waals surface area contributed by atoms with Crippen LogP contribution in [-0.4, -0.2) is 16.1 Å². The van der Waals surface area contributed by atoms with Gasteiger partial charge in [-0.3, -0.25) is 4.79 Å². The average Bonchev–Trinajstić information content (AvgIpc) is 2.29. The molecule has 0 saturated carbocycles. The van der Waals surface area contributed by atoms with Gasteiger partial charge >= 0.3 is 5.97 Å². The number of carbonyl (C=O) groups is 1. The van der Waals surface area contributed by atoms with Gasteiger partial charge in [0.1, 0.15) is 0 Å². The van der Waals surface area contributed by atoms with Crippen LogP contribution in [0.15, 0.2) is 42.5 Å². The van der Waals surface area contributed by atoms with E-state index in [0.29, 0.717) is 5.56 Å². The highest BCUT2D eigenvalue weighted by atomic mass is 19.1. The summed E-state index contributed by atoms with van der Waals surface area (Å²) in [5, 5.41) is 8.58. The summed E-state index contributed by atoms with van der Waals surface area (Å²) in [6.45, 7) is 0. The van der Waals surface area contributed by atoms with Gasteiger partial charge in [-0.15, -0.1) is 0 Å². The molecule has 2 rings (SSSR count). The maximum absolute atomic E-state index is 13.7. The number of aliphatic carboxylic acids is 1. The smallest absolute Gasteiger partial charge is 0.309 e. The summed E-state index contributed by atoms with van der Waals surface area (Å²) >= 11 is 0. The van der Waals surface area contributed by atoms with Gasteiger partial charge in [0.15, 0.2) is 0 Å². The zero-order chi connectivity index (χ0) is 12.3. The average molecular weight is 231 g/mol. The minimum atomic E-state index is -1.02. The van der Waals surface area contributed by atoms with Crippen molar-refractivity contribution < 1.29 is 14.3 Å². The number of hydrogen-bond donors (Lipinski definition) is 1.